The minimum absolute atomic E-state index is 0.175. The molecule has 5 heteroatoms. The quantitative estimate of drug-likeness (QED) is 0.655. The van der Waals surface area contributed by atoms with Crippen LogP contribution in [0.1, 0.15) is 12.0 Å². The zero-order valence-corrected chi connectivity index (χ0v) is 11.0. The van der Waals surface area contributed by atoms with Crippen molar-refractivity contribution in [1.82, 2.24) is 5.43 Å². The van der Waals surface area contributed by atoms with Gasteiger partial charge in [0.1, 0.15) is 0 Å². The first kappa shape index (κ1) is 13.1. The van der Waals surface area contributed by atoms with Crippen LogP contribution in [0.15, 0.2) is 18.2 Å². The van der Waals surface area contributed by atoms with Crippen LogP contribution in [-0.2, 0) is 11.2 Å². The highest BCUT2D eigenvalue weighted by molar-refractivity contribution is 6.42. The summed E-state index contributed by atoms with van der Waals surface area (Å²) in [6.45, 7) is 1.57. The third kappa shape index (κ3) is 3.12. The molecule has 94 valence electrons. The predicted molar refractivity (Wildman–Crippen MR) is 70.2 cm³/mol. The summed E-state index contributed by atoms with van der Waals surface area (Å²) in [4.78, 5) is 0. The van der Waals surface area contributed by atoms with E-state index in [-0.39, 0.29) is 6.04 Å². The van der Waals surface area contributed by atoms with Crippen LogP contribution >= 0.6 is 23.2 Å². The Bertz CT molecular complexity index is 381. The fourth-order valence-corrected chi connectivity index (χ4v) is 2.57. The highest BCUT2D eigenvalue weighted by Gasteiger charge is 2.25. The Kier molecular flexibility index (Phi) is 4.65. The molecule has 3 N–H and O–H groups in total. The first-order valence-corrected chi connectivity index (χ1v) is 6.44. The number of ether oxygens (including phenoxy) is 1. The summed E-state index contributed by atoms with van der Waals surface area (Å²) in [6, 6.07) is 5.85. The molecule has 2 atom stereocenters. The number of hydrazine groups is 1. The van der Waals surface area contributed by atoms with Gasteiger partial charge < -0.3 is 4.74 Å². The van der Waals surface area contributed by atoms with Crippen LogP contribution in [0.2, 0.25) is 10.0 Å². The van der Waals surface area contributed by atoms with Gasteiger partial charge in [-0.15, -0.1) is 0 Å². The molecule has 2 rings (SSSR count). The van der Waals surface area contributed by atoms with Crippen LogP contribution in [0.3, 0.4) is 0 Å². The van der Waals surface area contributed by atoms with Crippen molar-refractivity contribution in [1.29, 1.82) is 0 Å². The summed E-state index contributed by atoms with van der Waals surface area (Å²) in [5, 5.41) is 1.20. The summed E-state index contributed by atoms with van der Waals surface area (Å²) in [5.41, 5.74) is 3.88. The van der Waals surface area contributed by atoms with E-state index in [1.54, 1.807) is 6.07 Å². The Morgan fingerprint density at radius 3 is 2.94 bits per heavy atom. The van der Waals surface area contributed by atoms with Gasteiger partial charge >= 0.3 is 0 Å². The number of benzene rings is 1. The van der Waals surface area contributed by atoms with Crippen molar-refractivity contribution in [2.75, 3.05) is 13.2 Å². The van der Waals surface area contributed by atoms with E-state index in [0.29, 0.717) is 16.0 Å². The van der Waals surface area contributed by atoms with E-state index in [1.165, 1.54) is 0 Å². The van der Waals surface area contributed by atoms with E-state index >= 15 is 0 Å². The van der Waals surface area contributed by atoms with Gasteiger partial charge in [-0.2, -0.15) is 0 Å². The third-order valence-corrected chi connectivity index (χ3v) is 4.08. The molecule has 0 spiro atoms. The van der Waals surface area contributed by atoms with E-state index in [4.69, 9.17) is 33.8 Å². The fraction of sp³-hybridized carbons (Fsp3) is 0.500. The maximum Gasteiger partial charge on any atom is 0.0624 e. The first-order chi connectivity index (χ1) is 8.22. The minimum Gasteiger partial charge on any atom is -0.381 e. The second-order valence-electron chi connectivity index (χ2n) is 4.31. The molecule has 0 aromatic heterocycles. The molecule has 17 heavy (non-hydrogen) atoms. The van der Waals surface area contributed by atoms with E-state index in [1.807, 2.05) is 12.1 Å². The molecule has 0 amide bonds. The molecule has 0 aliphatic carbocycles. The van der Waals surface area contributed by atoms with Gasteiger partial charge in [-0.1, -0.05) is 35.3 Å². The second kappa shape index (κ2) is 6.03. The van der Waals surface area contributed by atoms with Gasteiger partial charge in [0.05, 0.1) is 16.7 Å². The lowest BCUT2D eigenvalue weighted by molar-refractivity contribution is 0.176. The van der Waals surface area contributed by atoms with Gasteiger partial charge in [-0.05, 0) is 24.5 Å². The number of nitrogens with two attached hydrogens (primary N) is 1. The fourth-order valence-electron chi connectivity index (χ4n) is 2.17. The van der Waals surface area contributed by atoms with Crippen LogP contribution in [0.25, 0.3) is 0 Å². The summed E-state index contributed by atoms with van der Waals surface area (Å²) in [5.74, 6) is 6.05. The van der Waals surface area contributed by atoms with Gasteiger partial charge in [0.25, 0.3) is 0 Å². The molecule has 0 radical (unpaired) electrons. The van der Waals surface area contributed by atoms with Crippen molar-refractivity contribution >= 4 is 23.2 Å². The van der Waals surface area contributed by atoms with E-state index < -0.39 is 0 Å². The average molecular weight is 275 g/mol. The number of hydrogen-bond acceptors (Lipinski definition) is 3. The summed E-state index contributed by atoms with van der Waals surface area (Å²) >= 11 is 12.2. The highest BCUT2D eigenvalue weighted by atomic mass is 35.5. The van der Waals surface area contributed by atoms with E-state index in [2.05, 4.69) is 5.43 Å². The zero-order valence-electron chi connectivity index (χ0n) is 9.46. The molecule has 0 bridgehead atoms. The third-order valence-electron chi connectivity index (χ3n) is 3.22. The number of nitrogens with one attached hydrogen (secondary N) is 1. The largest absolute Gasteiger partial charge is 0.381 e. The normalized spacial score (nSPS) is 21.7. The Balaban J connectivity index is 2.09. The molecule has 1 saturated heterocycles. The van der Waals surface area contributed by atoms with Crippen LogP contribution < -0.4 is 11.3 Å². The lowest BCUT2D eigenvalue weighted by atomic mass is 9.93. The number of halogens is 2. The summed E-state index contributed by atoms with van der Waals surface area (Å²) in [6.07, 6.45) is 1.80. The second-order valence-corrected chi connectivity index (χ2v) is 5.10. The van der Waals surface area contributed by atoms with Gasteiger partial charge in [0.2, 0.25) is 0 Å². The lowest BCUT2D eigenvalue weighted by Gasteiger charge is -2.22. The molecule has 1 aromatic carbocycles. The number of rotatable bonds is 4. The molecular weight excluding hydrogens is 259 g/mol. The Labute approximate surface area is 111 Å². The van der Waals surface area contributed by atoms with E-state index in [9.17, 15) is 0 Å². The molecule has 1 aromatic rings. The molecule has 1 fully saturated rings. The standard InChI is InChI=1S/C12H16Cl2N2O/c13-10-3-1-2-8(12(10)14)6-11(16-15)9-4-5-17-7-9/h1-3,9,11,16H,4-7,15H2. The Morgan fingerprint density at radius 1 is 1.47 bits per heavy atom. The number of hydrogen-bond donors (Lipinski definition) is 2. The van der Waals surface area contributed by atoms with Crippen molar-refractivity contribution in [3.8, 4) is 0 Å². The van der Waals surface area contributed by atoms with Crippen molar-refractivity contribution in [2.45, 2.75) is 18.9 Å². The summed E-state index contributed by atoms with van der Waals surface area (Å²) < 4.78 is 5.38. The molecule has 0 saturated carbocycles. The smallest absolute Gasteiger partial charge is 0.0624 e. The van der Waals surface area contributed by atoms with Gasteiger partial charge in [-0.25, -0.2) is 0 Å². The van der Waals surface area contributed by atoms with Crippen molar-refractivity contribution < 1.29 is 4.74 Å². The zero-order chi connectivity index (χ0) is 12.3. The molecule has 1 aliphatic rings. The Hall–Kier alpha value is -0.320. The summed E-state index contributed by atoms with van der Waals surface area (Å²) in [7, 11) is 0. The van der Waals surface area contributed by atoms with E-state index in [0.717, 1.165) is 31.6 Å². The van der Waals surface area contributed by atoms with Crippen LogP contribution in [-0.4, -0.2) is 19.3 Å². The van der Waals surface area contributed by atoms with Crippen molar-refractivity contribution in [2.24, 2.45) is 11.8 Å². The molecular formula is C12H16Cl2N2O. The average Bonchev–Trinajstić information content (AvgIpc) is 2.85. The van der Waals surface area contributed by atoms with Crippen molar-refractivity contribution in [3.05, 3.63) is 33.8 Å². The highest BCUT2D eigenvalue weighted by Crippen LogP contribution is 2.28. The first-order valence-electron chi connectivity index (χ1n) is 5.69. The van der Waals surface area contributed by atoms with Crippen molar-refractivity contribution in [3.63, 3.8) is 0 Å². The molecule has 1 aliphatic heterocycles. The van der Waals surface area contributed by atoms with Crippen LogP contribution in [0.4, 0.5) is 0 Å². The monoisotopic (exact) mass is 274 g/mol. The molecule has 1 heterocycles. The van der Waals surface area contributed by atoms with Crippen LogP contribution in [0, 0.1) is 5.92 Å². The van der Waals surface area contributed by atoms with Gasteiger partial charge in [0.15, 0.2) is 0 Å². The predicted octanol–water partition coefficient (Wildman–Crippen LogP) is 2.40. The van der Waals surface area contributed by atoms with Gasteiger partial charge in [-0.3, -0.25) is 11.3 Å². The lowest BCUT2D eigenvalue weighted by Crippen LogP contribution is -2.42. The topological polar surface area (TPSA) is 47.3 Å². The molecule has 3 nitrogen and oxygen atoms in total. The SMILES string of the molecule is NNC(Cc1cccc(Cl)c1Cl)C1CCOC1. The van der Waals surface area contributed by atoms with Gasteiger partial charge in [0, 0.05) is 18.6 Å². The van der Waals surface area contributed by atoms with Crippen LogP contribution in [0.5, 0.6) is 0 Å². The maximum atomic E-state index is 6.17. The minimum atomic E-state index is 0.175. The maximum absolute atomic E-state index is 6.17. The molecule has 2 unspecified atom stereocenters. The Morgan fingerprint density at radius 2 is 2.29 bits per heavy atom.